The smallest absolute Gasteiger partial charge is 0.271 e. The van der Waals surface area contributed by atoms with Gasteiger partial charge in [-0.3, -0.25) is 4.79 Å². The van der Waals surface area contributed by atoms with Gasteiger partial charge in [0.2, 0.25) is 0 Å². The Labute approximate surface area is 153 Å². The van der Waals surface area contributed by atoms with Crippen LogP contribution in [-0.2, 0) is 0 Å². The molecule has 0 aliphatic rings. The molecule has 0 bridgehead atoms. The summed E-state index contributed by atoms with van der Waals surface area (Å²) < 4.78 is 1.52. The predicted octanol–water partition coefficient (Wildman–Crippen LogP) is 4.99. The van der Waals surface area contributed by atoms with Crippen LogP contribution >= 0.6 is 55.1 Å². The fourth-order valence-electron chi connectivity index (χ4n) is 1.59. The number of benzene rings is 2. The van der Waals surface area contributed by atoms with Gasteiger partial charge in [0.1, 0.15) is 5.75 Å². The average molecular weight is 467 g/mol. The first-order valence-electron chi connectivity index (χ1n) is 5.84. The quantitative estimate of drug-likeness (QED) is 0.494. The molecule has 0 fully saturated rings. The number of carbonyl (C=O) groups is 1. The van der Waals surface area contributed by atoms with Crippen LogP contribution in [0.5, 0.6) is 5.75 Å². The highest BCUT2D eigenvalue weighted by Crippen LogP contribution is 2.29. The summed E-state index contributed by atoms with van der Waals surface area (Å²) in [7, 11) is 0. The summed E-state index contributed by atoms with van der Waals surface area (Å²) >= 11 is 18.2. The van der Waals surface area contributed by atoms with E-state index in [9.17, 15) is 9.90 Å². The molecule has 2 aromatic rings. The molecule has 2 N–H and O–H groups in total. The Morgan fingerprint density at radius 3 is 2.41 bits per heavy atom. The molecule has 0 aliphatic carbocycles. The van der Waals surface area contributed by atoms with E-state index in [-0.39, 0.29) is 10.8 Å². The van der Waals surface area contributed by atoms with Crippen molar-refractivity contribution in [2.24, 2.45) is 5.10 Å². The first-order valence-corrected chi connectivity index (χ1v) is 8.18. The van der Waals surface area contributed by atoms with Crippen LogP contribution < -0.4 is 5.43 Å². The van der Waals surface area contributed by atoms with Crippen molar-refractivity contribution in [1.82, 2.24) is 5.43 Å². The maximum absolute atomic E-state index is 12.0. The number of hydrazone groups is 1. The van der Waals surface area contributed by atoms with Crippen molar-refractivity contribution in [1.29, 1.82) is 0 Å². The highest BCUT2D eigenvalue weighted by molar-refractivity contribution is 9.11. The molecule has 0 saturated carbocycles. The Hall–Kier alpha value is -1.08. The number of rotatable bonds is 3. The second kappa shape index (κ2) is 7.46. The maximum atomic E-state index is 12.0. The Kier molecular flexibility index (Phi) is 5.86. The molecular formula is C14H8Br2Cl2N2O2. The van der Waals surface area contributed by atoms with Crippen LogP contribution in [-0.4, -0.2) is 17.2 Å². The molecule has 2 rings (SSSR count). The number of nitrogens with one attached hydrogen (secondary N) is 1. The predicted molar refractivity (Wildman–Crippen MR) is 95.0 cm³/mol. The lowest BCUT2D eigenvalue weighted by Crippen LogP contribution is -2.17. The highest BCUT2D eigenvalue weighted by atomic mass is 79.9. The summed E-state index contributed by atoms with van der Waals surface area (Å²) in [5.41, 5.74) is 3.08. The van der Waals surface area contributed by atoms with E-state index in [0.717, 1.165) is 8.95 Å². The number of hydrogen-bond donors (Lipinski definition) is 2. The minimum absolute atomic E-state index is 0.108. The van der Waals surface area contributed by atoms with Crippen molar-refractivity contribution in [2.45, 2.75) is 0 Å². The summed E-state index contributed by atoms with van der Waals surface area (Å²) in [4.78, 5) is 12.0. The minimum atomic E-state index is -0.397. The third-order valence-corrected chi connectivity index (χ3v) is 3.97. The van der Waals surface area contributed by atoms with Gasteiger partial charge < -0.3 is 5.11 Å². The summed E-state index contributed by atoms with van der Waals surface area (Å²) in [6.07, 6.45) is 1.26. The molecule has 0 saturated heterocycles. The van der Waals surface area contributed by atoms with E-state index in [1.807, 2.05) is 6.07 Å². The number of hydrogen-bond acceptors (Lipinski definition) is 3. The number of amides is 1. The molecule has 114 valence electrons. The molecule has 0 radical (unpaired) electrons. The molecule has 0 aliphatic heterocycles. The van der Waals surface area contributed by atoms with E-state index >= 15 is 0 Å². The van der Waals surface area contributed by atoms with Crippen LogP contribution in [0.1, 0.15) is 15.9 Å². The summed E-state index contributed by atoms with van der Waals surface area (Å²) in [6, 6.07) is 8.01. The van der Waals surface area contributed by atoms with Crippen molar-refractivity contribution in [3.63, 3.8) is 0 Å². The lowest BCUT2D eigenvalue weighted by molar-refractivity contribution is 0.0955. The Balaban J connectivity index is 2.14. The Bertz CT molecular complexity index is 746. The lowest BCUT2D eigenvalue weighted by atomic mass is 10.2. The number of aromatic hydroxyl groups is 1. The number of phenolic OH excluding ortho intramolecular Hbond substituents is 1. The van der Waals surface area contributed by atoms with E-state index < -0.39 is 5.91 Å². The zero-order valence-electron chi connectivity index (χ0n) is 10.8. The molecule has 0 spiro atoms. The van der Waals surface area contributed by atoms with Crippen LogP contribution in [0, 0.1) is 0 Å². The van der Waals surface area contributed by atoms with E-state index in [0.29, 0.717) is 16.1 Å². The van der Waals surface area contributed by atoms with Gasteiger partial charge in [-0.2, -0.15) is 5.10 Å². The third kappa shape index (κ3) is 4.46. The van der Waals surface area contributed by atoms with Gasteiger partial charge in [0, 0.05) is 25.1 Å². The largest absolute Gasteiger partial charge is 0.506 e. The van der Waals surface area contributed by atoms with Gasteiger partial charge in [-0.05, 0) is 30.3 Å². The second-order valence-corrected chi connectivity index (χ2v) is 6.86. The molecule has 1 amide bonds. The number of phenols is 1. The molecule has 0 aromatic heterocycles. The van der Waals surface area contributed by atoms with Gasteiger partial charge in [0.15, 0.2) is 0 Å². The van der Waals surface area contributed by atoms with E-state index in [2.05, 4.69) is 42.4 Å². The van der Waals surface area contributed by atoms with Crippen molar-refractivity contribution < 1.29 is 9.90 Å². The summed E-state index contributed by atoms with van der Waals surface area (Å²) in [6.45, 7) is 0. The SMILES string of the molecule is O=C(N/N=C\c1cc(Cl)cc(Cl)c1O)c1cc(Br)cc(Br)c1. The van der Waals surface area contributed by atoms with Crippen molar-refractivity contribution in [3.05, 3.63) is 60.4 Å². The van der Waals surface area contributed by atoms with Gasteiger partial charge in [0.05, 0.1) is 11.2 Å². The summed E-state index contributed by atoms with van der Waals surface area (Å²) in [5.74, 6) is -0.555. The van der Waals surface area contributed by atoms with Crippen LogP contribution in [0.3, 0.4) is 0 Å². The van der Waals surface area contributed by atoms with Crippen molar-refractivity contribution in [2.75, 3.05) is 0 Å². The Morgan fingerprint density at radius 1 is 1.14 bits per heavy atom. The monoisotopic (exact) mass is 464 g/mol. The maximum Gasteiger partial charge on any atom is 0.271 e. The average Bonchev–Trinajstić information content (AvgIpc) is 2.42. The normalized spacial score (nSPS) is 10.9. The minimum Gasteiger partial charge on any atom is -0.506 e. The zero-order valence-corrected chi connectivity index (χ0v) is 15.5. The fraction of sp³-hybridized carbons (Fsp3) is 0. The highest BCUT2D eigenvalue weighted by Gasteiger charge is 2.08. The van der Waals surface area contributed by atoms with Gasteiger partial charge in [-0.25, -0.2) is 5.43 Å². The number of carbonyl (C=O) groups excluding carboxylic acids is 1. The molecule has 4 nitrogen and oxygen atoms in total. The fourth-order valence-corrected chi connectivity index (χ4v) is 3.40. The third-order valence-electron chi connectivity index (χ3n) is 2.55. The van der Waals surface area contributed by atoms with Crippen molar-refractivity contribution in [3.8, 4) is 5.75 Å². The van der Waals surface area contributed by atoms with E-state index in [1.165, 1.54) is 18.3 Å². The molecule has 8 heteroatoms. The van der Waals surface area contributed by atoms with Crippen LogP contribution in [0.2, 0.25) is 10.0 Å². The van der Waals surface area contributed by atoms with Gasteiger partial charge >= 0.3 is 0 Å². The molecule has 2 aromatic carbocycles. The van der Waals surface area contributed by atoms with Crippen molar-refractivity contribution >= 4 is 67.2 Å². The Morgan fingerprint density at radius 2 is 1.77 bits per heavy atom. The molecule has 22 heavy (non-hydrogen) atoms. The molecular weight excluding hydrogens is 459 g/mol. The number of halogens is 4. The van der Waals surface area contributed by atoms with Gasteiger partial charge in [-0.15, -0.1) is 0 Å². The number of nitrogens with zero attached hydrogens (tertiary/aromatic N) is 1. The van der Waals surface area contributed by atoms with Gasteiger partial charge in [0.25, 0.3) is 5.91 Å². The topological polar surface area (TPSA) is 61.7 Å². The van der Waals surface area contributed by atoms with Gasteiger partial charge in [-0.1, -0.05) is 55.1 Å². The zero-order chi connectivity index (χ0) is 16.3. The molecule has 0 atom stereocenters. The molecule has 0 heterocycles. The van der Waals surface area contributed by atoms with Crippen LogP contribution in [0.15, 0.2) is 44.4 Å². The standard InChI is InChI=1S/C14H8Br2Cl2N2O2/c15-9-1-7(2-10(16)4-9)14(22)20-19-6-8-3-11(17)5-12(18)13(8)21/h1-6,21H,(H,20,22)/b19-6-. The van der Waals surface area contributed by atoms with Crippen LogP contribution in [0.4, 0.5) is 0 Å². The van der Waals surface area contributed by atoms with Crippen LogP contribution in [0.25, 0.3) is 0 Å². The van der Waals surface area contributed by atoms with E-state index in [1.54, 1.807) is 12.1 Å². The summed E-state index contributed by atoms with van der Waals surface area (Å²) in [5, 5.41) is 14.0. The first-order chi connectivity index (χ1) is 10.4. The molecule has 0 unspecified atom stereocenters. The lowest BCUT2D eigenvalue weighted by Gasteiger charge is -2.04. The first kappa shape index (κ1) is 17.3. The van der Waals surface area contributed by atoms with E-state index in [4.69, 9.17) is 23.2 Å². The second-order valence-electron chi connectivity index (χ2n) is 4.18.